The molecule has 5 nitrogen and oxygen atoms in total. The number of amides is 1. The van der Waals surface area contributed by atoms with Gasteiger partial charge in [-0.3, -0.25) is 4.79 Å². The molecule has 0 fully saturated rings. The normalized spacial score (nSPS) is 11.4. The highest BCUT2D eigenvalue weighted by Crippen LogP contribution is 2.21. The Morgan fingerprint density at radius 1 is 0.955 bits per heavy atom. The second-order valence-electron chi connectivity index (χ2n) is 4.66. The molecule has 0 aromatic heterocycles. The van der Waals surface area contributed by atoms with Crippen LogP contribution in [0.2, 0.25) is 0 Å². The number of esters is 1. The van der Waals surface area contributed by atoms with E-state index in [1.54, 1.807) is 31.2 Å². The van der Waals surface area contributed by atoms with Crippen LogP contribution >= 0.6 is 0 Å². The number of hydrogen-bond acceptors (Lipinski definition) is 4. The highest BCUT2D eigenvalue weighted by atomic mass is 16.5. The Morgan fingerprint density at radius 2 is 1.55 bits per heavy atom. The summed E-state index contributed by atoms with van der Waals surface area (Å²) < 4.78 is 10.2. The molecule has 1 atom stereocenters. The fourth-order valence-electron chi connectivity index (χ4n) is 1.81. The number of methoxy groups -OCH3 is 1. The van der Waals surface area contributed by atoms with Crippen molar-refractivity contribution < 1.29 is 19.1 Å². The Morgan fingerprint density at radius 3 is 2.14 bits per heavy atom. The lowest BCUT2D eigenvalue weighted by molar-refractivity contribution is -0.142. The number of benzene rings is 2. The van der Waals surface area contributed by atoms with Gasteiger partial charge in [-0.25, -0.2) is 4.79 Å². The topological polar surface area (TPSA) is 64.6 Å². The lowest BCUT2D eigenvalue weighted by atomic mass is 10.2. The van der Waals surface area contributed by atoms with Crippen molar-refractivity contribution in [2.75, 3.05) is 7.11 Å². The van der Waals surface area contributed by atoms with Gasteiger partial charge in [0.05, 0.1) is 7.11 Å². The Labute approximate surface area is 128 Å². The molecule has 0 aliphatic rings. The van der Waals surface area contributed by atoms with Crippen LogP contribution in [0.5, 0.6) is 11.5 Å². The van der Waals surface area contributed by atoms with Crippen LogP contribution in [-0.2, 0) is 9.53 Å². The molecule has 1 amide bonds. The van der Waals surface area contributed by atoms with Crippen molar-refractivity contribution in [2.45, 2.75) is 13.0 Å². The van der Waals surface area contributed by atoms with Crippen molar-refractivity contribution >= 4 is 11.9 Å². The number of carbonyl (C=O) groups is 2. The Kier molecular flexibility index (Phi) is 5.14. The molecule has 0 saturated heterocycles. The molecule has 114 valence electrons. The highest BCUT2D eigenvalue weighted by molar-refractivity contribution is 5.96. The molecule has 0 radical (unpaired) electrons. The molecule has 2 rings (SSSR count). The van der Waals surface area contributed by atoms with Crippen LogP contribution in [0.25, 0.3) is 0 Å². The Bertz CT molecular complexity index is 637. The third kappa shape index (κ3) is 4.09. The maximum absolute atomic E-state index is 12.0. The van der Waals surface area contributed by atoms with E-state index >= 15 is 0 Å². The van der Waals surface area contributed by atoms with E-state index in [1.807, 2.05) is 30.3 Å². The average Bonchev–Trinajstić information content (AvgIpc) is 2.55. The molecule has 1 N–H and O–H groups in total. The number of para-hydroxylation sites is 1. The second-order valence-corrected chi connectivity index (χ2v) is 4.66. The van der Waals surface area contributed by atoms with Gasteiger partial charge >= 0.3 is 5.97 Å². The van der Waals surface area contributed by atoms with Gasteiger partial charge in [0.25, 0.3) is 5.91 Å². The van der Waals surface area contributed by atoms with Crippen molar-refractivity contribution in [3.05, 3.63) is 60.2 Å². The zero-order valence-corrected chi connectivity index (χ0v) is 12.4. The molecular weight excluding hydrogens is 282 g/mol. The van der Waals surface area contributed by atoms with Gasteiger partial charge in [0.15, 0.2) is 0 Å². The molecule has 5 heteroatoms. The first kappa shape index (κ1) is 15.6. The van der Waals surface area contributed by atoms with Gasteiger partial charge in [-0.15, -0.1) is 0 Å². The van der Waals surface area contributed by atoms with E-state index in [0.29, 0.717) is 11.3 Å². The maximum Gasteiger partial charge on any atom is 0.328 e. The van der Waals surface area contributed by atoms with Crippen LogP contribution in [0.15, 0.2) is 54.6 Å². The van der Waals surface area contributed by atoms with Crippen LogP contribution in [-0.4, -0.2) is 25.0 Å². The summed E-state index contributed by atoms with van der Waals surface area (Å²) in [5.74, 6) is 0.518. The summed E-state index contributed by atoms with van der Waals surface area (Å²) in [6.07, 6.45) is 0. The van der Waals surface area contributed by atoms with Crippen molar-refractivity contribution in [3.63, 3.8) is 0 Å². The van der Waals surface area contributed by atoms with Crippen LogP contribution in [0.1, 0.15) is 17.3 Å². The lowest BCUT2D eigenvalue weighted by Crippen LogP contribution is -2.39. The summed E-state index contributed by atoms with van der Waals surface area (Å²) in [7, 11) is 1.28. The zero-order valence-electron chi connectivity index (χ0n) is 12.4. The minimum atomic E-state index is -0.697. The molecule has 22 heavy (non-hydrogen) atoms. The van der Waals surface area contributed by atoms with Gasteiger partial charge in [-0.1, -0.05) is 18.2 Å². The second kappa shape index (κ2) is 7.26. The summed E-state index contributed by atoms with van der Waals surface area (Å²) in [5, 5.41) is 2.56. The molecule has 2 aromatic rings. The monoisotopic (exact) mass is 299 g/mol. The maximum atomic E-state index is 12.0. The Hall–Kier alpha value is -2.82. The zero-order chi connectivity index (χ0) is 15.9. The van der Waals surface area contributed by atoms with Crippen molar-refractivity contribution in [1.29, 1.82) is 0 Å². The predicted octanol–water partition coefficient (Wildman–Crippen LogP) is 2.77. The quantitative estimate of drug-likeness (QED) is 0.862. The van der Waals surface area contributed by atoms with Crippen LogP contribution in [0, 0.1) is 0 Å². The number of nitrogens with one attached hydrogen (secondary N) is 1. The first-order valence-electron chi connectivity index (χ1n) is 6.82. The Balaban J connectivity index is 1.99. The summed E-state index contributed by atoms with van der Waals surface area (Å²) in [6.45, 7) is 1.57. The van der Waals surface area contributed by atoms with E-state index in [-0.39, 0.29) is 5.91 Å². The highest BCUT2D eigenvalue weighted by Gasteiger charge is 2.16. The van der Waals surface area contributed by atoms with Crippen LogP contribution in [0.4, 0.5) is 0 Å². The van der Waals surface area contributed by atoms with Gasteiger partial charge < -0.3 is 14.8 Å². The van der Waals surface area contributed by atoms with Crippen LogP contribution < -0.4 is 10.1 Å². The number of ether oxygens (including phenoxy) is 2. The fraction of sp³-hybridized carbons (Fsp3) is 0.176. The minimum Gasteiger partial charge on any atom is -0.467 e. The summed E-state index contributed by atoms with van der Waals surface area (Å²) in [6, 6.07) is 15.3. The molecule has 0 saturated carbocycles. The molecule has 0 unspecified atom stereocenters. The van der Waals surface area contributed by atoms with E-state index in [0.717, 1.165) is 5.75 Å². The van der Waals surface area contributed by atoms with E-state index in [2.05, 4.69) is 10.1 Å². The van der Waals surface area contributed by atoms with Crippen molar-refractivity contribution in [3.8, 4) is 11.5 Å². The molecule has 0 spiro atoms. The standard InChI is InChI=1S/C17H17NO4/c1-12(17(20)21-2)18-16(19)13-8-10-15(11-9-13)22-14-6-4-3-5-7-14/h3-12H,1-2H3,(H,18,19)/t12-/m0/s1. The van der Waals surface area contributed by atoms with Crippen LogP contribution in [0.3, 0.4) is 0 Å². The van der Waals surface area contributed by atoms with Gasteiger partial charge in [0.1, 0.15) is 17.5 Å². The smallest absolute Gasteiger partial charge is 0.328 e. The third-order valence-electron chi connectivity index (χ3n) is 3.00. The first-order valence-corrected chi connectivity index (χ1v) is 6.82. The summed E-state index contributed by atoms with van der Waals surface area (Å²) >= 11 is 0. The minimum absolute atomic E-state index is 0.343. The molecule has 0 heterocycles. The molecular formula is C17H17NO4. The number of hydrogen-bond donors (Lipinski definition) is 1. The van der Waals surface area contributed by atoms with Gasteiger partial charge in [0.2, 0.25) is 0 Å². The molecule has 0 bridgehead atoms. The van der Waals surface area contributed by atoms with E-state index in [4.69, 9.17) is 4.74 Å². The van der Waals surface area contributed by atoms with E-state index < -0.39 is 12.0 Å². The lowest BCUT2D eigenvalue weighted by Gasteiger charge is -2.12. The third-order valence-corrected chi connectivity index (χ3v) is 3.00. The fourth-order valence-corrected chi connectivity index (χ4v) is 1.81. The van der Waals surface area contributed by atoms with Crippen molar-refractivity contribution in [1.82, 2.24) is 5.32 Å². The largest absolute Gasteiger partial charge is 0.467 e. The molecule has 2 aromatic carbocycles. The van der Waals surface area contributed by atoms with Crippen molar-refractivity contribution in [2.24, 2.45) is 0 Å². The van der Waals surface area contributed by atoms with Gasteiger partial charge in [0, 0.05) is 5.56 Å². The van der Waals surface area contributed by atoms with E-state index in [9.17, 15) is 9.59 Å². The number of carbonyl (C=O) groups excluding carboxylic acids is 2. The van der Waals surface area contributed by atoms with Gasteiger partial charge in [-0.05, 0) is 43.3 Å². The van der Waals surface area contributed by atoms with E-state index in [1.165, 1.54) is 7.11 Å². The molecule has 0 aliphatic carbocycles. The molecule has 0 aliphatic heterocycles. The summed E-state index contributed by atoms with van der Waals surface area (Å²) in [5.41, 5.74) is 0.441. The SMILES string of the molecule is COC(=O)[C@H](C)NC(=O)c1ccc(Oc2ccccc2)cc1. The number of rotatable bonds is 5. The predicted molar refractivity (Wildman–Crippen MR) is 81.9 cm³/mol. The first-order chi connectivity index (χ1) is 10.6. The summed E-state index contributed by atoms with van der Waals surface area (Å²) in [4.78, 5) is 23.3. The average molecular weight is 299 g/mol. The van der Waals surface area contributed by atoms with Gasteiger partial charge in [-0.2, -0.15) is 0 Å².